The van der Waals surface area contributed by atoms with Crippen LogP contribution in [0, 0.1) is 6.92 Å². The maximum absolute atomic E-state index is 13.0. The Kier molecular flexibility index (Phi) is 4.81. The molecular weight excluding hydrogens is 348 g/mol. The highest BCUT2D eigenvalue weighted by atomic mass is 32.1. The largest absolute Gasteiger partial charge is 0.377 e. The summed E-state index contributed by atoms with van der Waals surface area (Å²) in [5.41, 5.74) is 1.91. The lowest BCUT2D eigenvalue weighted by Gasteiger charge is -2.34. The SMILES string of the molecule is Cc1sccc1C(=O)N1CCOCC1c1ncn(Cc2ccccc2)n1. The van der Waals surface area contributed by atoms with Crippen molar-refractivity contribution in [3.8, 4) is 0 Å². The molecule has 2 aromatic heterocycles. The van der Waals surface area contributed by atoms with Gasteiger partial charge in [-0.15, -0.1) is 11.3 Å². The summed E-state index contributed by atoms with van der Waals surface area (Å²) in [6, 6.07) is 11.7. The summed E-state index contributed by atoms with van der Waals surface area (Å²) in [5.74, 6) is 0.651. The van der Waals surface area contributed by atoms with Crippen molar-refractivity contribution < 1.29 is 9.53 Å². The summed E-state index contributed by atoms with van der Waals surface area (Å²) >= 11 is 1.59. The Labute approximate surface area is 156 Å². The molecule has 3 aromatic rings. The number of thiophene rings is 1. The molecular formula is C19H20N4O2S. The molecule has 1 atom stereocenters. The van der Waals surface area contributed by atoms with Crippen LogP contribution in [0.3, 0.4) is 0 Å². The molecule has 1 unspecified atom stereocenters. The zero-order valence-corrected chi connectivity index (χ0v) is 15.4. The fourth-order valence-corrected chi connectivity index (χ4v) is 3.82. The van der Waals surface area contributed by atoms with Crippen LogP contribution >= 0.6 is 11.3 Å². The van der Waals surface area contributed by atoms with E-state index < -0.39 is 0 Å². The Morgan fingerprint density at radius 3 is 2.92 bits per heavy atom. The van der Waals surface area contributed by atoms with E-state index in [1.54, 1.807) is 22.3 Å². The third-order valence-corrected chi connectivity index (χ3v) is 5.36. The monoisotopic (exact) mass is 368 g/mol. The molecule has 1 aliphatic heterocycles. The van der Waals surface area contributed by atoms with Gasteiger partial charge in [-0.05, 0) is 23.9 Å². The van der Waals surface area contributed by atoms with Crippen LogP contribution in [0.5, 0.6) is 0 Å². The standard InChI is InChI=1S/C19H20N4O2S/c1-14-16(7-10-26-14)19(24)23-8-9-25-12-17(23)18-20-13-22(21-18)11-15-5-3-2-4-6-15/h2-7,10,13,17H,8-9,11-12H2,1H3. The topological polar surface area (TPSA) is 60.3 Å². The molecule has 3 heterocycles. The van der Waals surface area contributed by atoms with Crippen LogP contribution in [0.2, 0.25) is 0 Å². The smallest absolute Gasteiger partial charge is 0.255 e. The minimum Gasteiger partial charge on any atom is -0.377 e. The van der Waals surface area contributed by atoms with Crippen molar-refractivity contribution in [2.45, 2.75) is 19.5 Å². The number of aryl methyl sites for hydroxylation is 1. The van der Waals surface area contributed by atoms with E-state index in [4.69, 9.17) is 4.74 Å². The van der Waals surface area contributed by atoms with Gasteiger partial charge in [0.1, 0.15) is 12.4 Å². The van der Waals surface area contributed by atoms with Gasteiger partial charge in [0, 0.05) is 11.4 Å². The van der Waals surface area contributed by atoms with E-state index in [0.717, 1.165) is 16.0 Å². The van der Waals surface area contributed by atoms with Gasteiger partial charge in [-0.1, -0.05) is 30.3 Å². The van der Waals surface area contributed by atoms with Crippen molar-refractivity contribution >= 4 is 17.2 Å². The number of hydrogen-bond acceptors (Lipinski definition) is 5. The van der Waals surface area contributed by atoms with Gasteiger partial charge in [0.15, 0.2) is 5.82 Å². The highest BCUT2D eigenvalue weighted by molar-refractivity contribution is 7.10. The van der Waals surface area contributed by atoms with Gasteiger partial charge in [0.05, 0.1) is 25.3 Å². The summed E-state index contributed by atoms with van der Waals surface area (Å²) in [6.07, 6.45) is 1.72. The second kappa shape index (κ2) is 7.39. The van der Waals surface area contributed by atoms with Gasteiger partial charge >= 0.3 is 0 Å². The quantitative estimate of drug-likeness (QED) is 0.710. The van der Waals surface area contributed by atoms with Gasteiger partial charge in [-0.2, -0.15) is 5.10 Å². The van der Waals surface area contributed by atoms with Crippen LogP contribution in [-0.2, 0) is 11.3 Å². The average molecular weight is 368 g/mol. The second-order valence-electron chi connectivity index (χ2n) is 6.27. The summed E-state index contributed by atoms with van der Waals surface area (Å²) < 4.78 is 7.41. The molecule has 1 amide bonds. The number of rotatable bonds is 4. The third-order valence-electron chi connectivity index (χ3n) is 4.52. The Morgan fingerprint density at radius 1 is 1.31 bits per heavy atom. The molecule has 26 heavy (non-hydrogen) atoms. The first kappa shape index (κ1) is 16.9. The highest BCUT2D eigenvalue weighted by Gasteiger charge is 2.32. The van der Waals surface area contributed by atoms with E-state index in [1.807, 2.05) is 41.5 Å². The molecule has 0 saturated carbocycles. The lowest BCUT2D eigenvalue weighted by Crippen LogP contribution is -2.44. The number of carbonyl (C=O) groups excluding carboxylic acids is 1. The third kappa shape index (κ3) is 3.40. The summed E-state index contributed by atoms with van der Waals surface area (Å²) in [4.78, 5) is 20.3. The zero-order valence-electron chi connectivity index (χ0n) is 14.5. The molecule has 6 nitrogen and oxygen atoms in total. The average Bonchev–Trinajstić information content (AvgIpc) is 3.31. The van der Waals surface area contributed by atoms with Crippen LogP contribution in [0.4, 0.5) is 0 Å². The van der Waals surface area contributed by atoms with E-state index in [2.05, 4.69) is 22.2 Å². The van der Waals surface area contributed by atoms with Gasteiger partial charge < -0.3 is 9.64 Å². The Bertz CT molecular complexity index is 890. The highest BCUT2D eigenvalue weighted by Crippen LogP contribution is 2.26. The fraction of sp³-hybridized carbons (Fsp3) is 0.316. The molecule has 0 spiro atoms. The van der Waals surface area contributed by atoms with Crippen molar-refractivity contribution in [2.24, 2.45) is 0 Å². The number of aromatic nitrogens is 3. The number of nitrogens with zero attached hydrogens (tertiary/aromatic N) is 4. The van der Waals surface area contributed by atoms with Crippen LogP contribution in [0.15, 0.2) is 48.1 Å². The number of ether oxygens (including phenoxy) is 1. The molecule has 1 saturated heterocycles. The molecule has 0 radical (unpaired) electrons. The first-order valence-electron chi connectivity index (χ1n) is 8.58. The van der Waals surface area contributed by atoms with Crippen molar-refractivity contribution in [1.82, 2.24) is 19.7 Å². The maximum Gasteiger partial charge on any atom is 0.255 e. The molecule has 4 rings (SSSR count). The number of amides is 1. The first-order chi connectivity index (χ1) is 12.7. The molecule has 134 valence electrons. The molecule has 0 aliphatic carbocycles. The van der Waals surface area contributed by atoms with E-state index >= 15 is 0 Å². The van der Waals surface area contributed by atoms with Gasteiger partial charge in [0.2, 0.25) is 0 Å². The first-order valence-corrected chi connectivity index (χ1v) is 9.46. The summed E-state index contributed by atoms with van der Waals surface area (Å²) in [5, 5.41) is 6.55. The summed E-state index contributed by atoms with van der Waals surface area (Å²) in [7, 11) is 0. The van der Waals surface area contributed by atoms with Crippen molar-refractivity contribution in [3.05, 3.63) is 69.9 Å². The zero-order chi connectivity index (χ0) is 17.9. The number of morpholine rings is 1. The van der Waals surface area contributed by atoms with Crippen LogP contribution in [0.1, 0.15) is 32.7 Å². The van der Waals surface area contributed by atoms with Crippen molar-refractivity contribution in [1.29, 1.82) is 0 Å². The molecule has 1 aliphatic rings. The lowest BCUT2D eigenvalue weighted by atomic mass is 10.1. The number of carbonyl (C=O) groups is 1. The Hall–Kier alpha value is -2.51. The van der Waals surface area contributed by atoms with Crippen LogP contribution in [-0.4, -0.2) is 45.3 Å². The molecule has 1 aromatic carbocycles. The lowest BCUT2D eigenvalue weighted by molar-refractivity contribution is -0.00525. The van der Waals surface area contributed by atoms with Crippen LogP contribution < -0.4 is 0 Å². The summed E-state index contributed by atoms with van der Waals surface area (Å²) in [6.45, 7) is 4.13. The predicted molar refractivity (Wildman–Crippen MR) is 99.2 cm³/mol. The van der Waals surface area contributed by atoms with Crippen molar-refractivity contribution in [2.75, 3.05) is 19.8 Å². The minimum absolute atomic E-state index is 0.0245. The normalized spacial score (nSPS) is 17.4. The van der Waals surface area contributed by atoms with E-state index in [0.29, 0.717) is 32.1 Å². The van der Waals surface area contributed by atoms with E-state index in [9.17, 15) is 4.79 Å². The number of hydrogen-bond donors (Lipinski definition) is 0. The Balaban J connectivity index is 1.55. The molecule has 7 heteroatoms. The van der Waals surface area contributed by atoms with Gasteiger partial charge in [-0.25, -0.2) is 9.67 Å². The predicted octanol–water partition coefficient (Wildman–Crippen LogP) is 2.91. The van der Waals surface area contributed by atoms with E-state index in [1.165, 1.54) is 0 Å². The van der Waals surface area contributed by atoms with Crippen molar-refractivity contribution in [3.63, 3.8) is 0 Å². The Morgan fingerprint density at radius 2 is 2.15 bits per heavy atom. The van der Waals surface area contributed by atoms with Gasteiger partial charge in [0.25, 0.3) is 5.91 Å². The minimum atomic E-state index is -0.257. The second-order valence-corrected chi connectivity index (χ2v) is 7.39. The number of benzene rings is 1. The molecule has 0 N–H and O–H groups in total. The maximum atomic E-state index is 13.0. The fourth-order valence-electron chi connectivity index (χ4n) is 3.13. The molecule has 1 fully saturated rings. The van der Waals surface area contributed by atoms with Gasteiger partial charge in [-0.3, -0.25) is 4.79 Å². The van der Waals surface area contributed by atoms with Crippen LogP contribution in [0.25, 0.3) is 0 Å². The van der Waals surface area contributed by atoms with E-state index in [-0.39, 0.29) is 11.9 Å². The molecule has 0 bridgehead atoms.